The number of thiophene rings is 1. The monoisotopic (exact) mass is 363 g/mol. The average Bonchev–Trinajstić information content (AvgIpc) is 2.95. The van der Waals surface area contributed by atoms with Crippen LogP contribution in [0.25, 0.3) is 0 Å². The van der Waals surface area contributed by atoms with Crippen LogP contribution in [0.2, 0.25) is 0 Å². The van der Waals surface area contributed by atoms with Crippen LogP contribution in [0.1, 0.15) is 68.2 Å². The third-order valence-electron chi connectivity index (χ3n) is 5.42. The van der Waals surface area contributed by atoms with Crippen LogP contribution in [0.15, 0.2) is 11.1 Å². The first-order chi connectivity index (χ1) is 11.9. The van der Waals surface area contributed by atoms with Crippen LogP contribution in [0, 0.1) is 5.41 Å². The predicted octanol–water partition coefficient (Wildman–Crippen LogP) is 3.62. The smallest absolute Gasteiger partial charge is 0.191 e. The van der Waals surface area contributed by atoms with Gasteiger partial charge in [0.15, 0.2) is 5.96 Å². The first-order valence-electron chi connectivity index (χ1n) is 9.78. The van der Waals surface area contributed by atoms with Gasteiger partial charge in [0.2, 0.25) is 0 Å². The van der Waals surface area contributed by atoms with Gasteiger partial charge >= 0.3 is 0 Å². The Morgan fingerprint density at radius 3 is 2.80 bits per heavy atom. The lowest BCUT2D eigenvalue weighted by molar-refractivity contribution is 0.120. The van der Waals surface area contributed by atoms with E-state index in [9.17, 15) is 5.11 Å². The van der Waals surface area contributed by atoms with Gasteiger partial charge in [-0.15, -0.1) is 11.3 Å². The lowest BCUT2D eigenvalue weighted by Crippen LogP contribution is -2.45. The van der Waals surface area contributed by atoms with E-state index in [2.05, 4.69) is 37.5 Å². The molecule has 2 aliphatic carbocycles. The maximum Gasteiger partial charge on any atom is 0.191 e. The molecule has 0 aromatic carbocycles. The molecule has 1 aromatic rings. The molecule has 1 aromatic heterocycles. The molecule has 1 fully saturated rings. The van der Waals surface area contributed by atoms with E-state index in [4.69, 9.17) is 4.99 Å². The highest BCUT2D eigenvalue weighted by molar-refractivity contribution is 7.12. The quantitative estimate of drug-likeness (QED) is 0.566. The molecule has 0 saturated heterocycles. The third-order valence-corrected chi connectivity index (χ3v) is 6.64. The number of fused-ring (bicyclic) bond motifs is 1. The molecule has 0 radical (unpaired) electrons. The molecular formula is C20H33N3OS. The summed E-state index contributed by atoms with van der Waals surface area (Å²) in [5.41, 5.74) is 1.99. The van der Waals surface area contributed by atoms with Crippen molar-refractivity contribution in [1.82, 2.24) is 10.6 Å². The molecule has 25 heavy (non-hydrogen) atoms. The van der Waals surface area contributed by atoms with Crippen molar-refractivity contribution in [3.05, 3.63) is 21.4 Å². The Labute approximate surface area is 156 Å². The number of hydrogen-bond donors (Lipinski definition) is 3. The molecule has 3 N–H and O–H groups in total. The van der Waals surface area contributed by atoms with Crippen molar-refractivity contribution >= 4 is 17.3 Å². The number of nitrogens with one attached hydrogen (secondary N) is 2. The molecule has 0 amide bonds. The van der Waals surface area contributed by atoms with Crippen molar-refractivity contribution in [3.8, 4) is 0 Å². The summed E-state index contributed by atoms with van der Waals surface area (Å²) >= 11 is 1.95. The number of aliphatic hydroxyl groups excluding tert-OH is 1. The van der Waals surface area contributed by atoms with E-state index >= 15 is 0 Å². The van der Waals surface area contributed by atoms with Crippen LogP contribution >= 0.6 is 11.3 Å². The summed E-state index contributed by atoms with van der Waals surface area (Å²) < 4.78 is 0. The minimum absolute atomic E-state index is 0.112. The highest BCUT2D eigenvalue weighted by atomic mass is 32.1. The lowest BCUT2D eigenvalue weighted by atomic mass is 9.77. The van der Waals surface area contributed by atoms with Crippen LogP contribution in [0.4, 0.5) is 0 Å². The molecule has 1 heterocycles. The average molecular weight is 364 g/mol. The summed E-state index contributed by atoms with van der Waals surface area (Å²) in [4.78, 5) is 7.77. The first kappa shape index (κ1) is 18.7. The molecule has 0 unspecified atom stereocenters. The Balaban J connectivity index is 1.61. The summed E-state index contributed by atoms with van der Waals surface area (Å²) in [5, 5.41) is 16.6. The zero-order valence-electron chi connectivity index (χ0n) is 15.9. The highest BCUT2D eigenvalue weighted by Crippen LogP contribution is 2.38. The number of aliphatic hydroxyl groups is 1. The number of rotatable bonds is 4. The lowest BCUT2D eigenvalue weighted by Gasteiger charge is -2.29. The molecule has 5 heteroatoms. The maximum absolute atomic E-state index is 9.66. The molecule has 4 nitrogen and oxygen atoms in total. The van der Waals surface area contributed by atoms with Gasteiger partial charge in [-0.2, -0.15) is 0 Å². The minimum Gasteiger partial charge on any atom is -0.393 e. The fourth-order valence-electron chi connectivity index (χ4n) is 3.91. The predicted molar refractivity (Wildman–Crippen MR) is 106 cm³/mol. The van der Waals surface area contributed by atoms with Crippen LogP contribution < -0.4 is 10.6 Å². The topological polar surface area (TPSA) is 56.7 Å². The van der Waals surface area contributed by atoms with E-state index < -0.39 is 0 Å². The zero-order valence-corrected chi connectivity index (χ0v) is 16.7. The first-order valence-corrected chi connectivity index (χ1v) is 10.6. The number of hydrogen-bond acceptors (Lipinski definition) is 3. The minimum atomic E-state index is -0.112. The molecule has 0 bridgehead atoms. The van der Waals surface area contributed by atoms with Crippen molar-refractivity contribution in [1.29, 1.82) is 0 Å². The van der Waals surface area contributed by atoms with Gasteiger partial charge in [-0.05, 0) is 68.9 Å². The number of aryl methyl sites for hydroxylation is 1. The number of guanidine groups is 1. The maximum atomic E-state index is 9.66. The van der Waals surface area contributed by atoms with Gasteiger partial charge < -0.3 is 15.7 Å². The van der Waals surface area contributed by atoms with Crippen molar-refractivity contribution in [2.45, 2.75) is 84.4 Å². The van der Waals surface area contributed by atoms with E-state index in [1.54, 1.807) is 10.4 Å². The van der Waals surface area contributed by atoms with Crippen LogP contribution in [-0.2, 0) is 19.4 Å². The number of nitrogens with zero attached hydrogens (tertiary/aromatic N) is 1. The Morgan fingerprint density at radius 1 is 1.32 bits per heavy atom. The molecule has 0 atom stereocenters. The largest absolute Gasteiger partial charge is 0.393 e. The van der Waals surface area contributed by atoms with Crippen molar-refractivity contribution < 1.29 is 5.11 Å². The van der Waals surface area contributed by atoms with Crippen molar-refractivity contribution in [3.63, 3.8) is 0 Å². The molecule has 1 saturated carbocycles. The van der Waals surface area contributed by atoms with Crippen LogP contribution in [0.5, 0.6) is 0 Å². The van der Waals surface area contributed by atoms with E-state index in [1.165, 1.54) is 24.1 Å². The Kier molecular flexibility index (Phi) is 6.05. The van der Waals surface area contributed by atoms with E-state index in [-0.39, 0.29) is 6.10 Å². The van der Waals surface area contributed by atoms with Gasteiger partial charge in [-0.1, -0.05) is 13.8 Å². The molecule has 0 aliphatic heterocycles. The van der Waals surface area contributed by atoms with E-state index in [0.717, 1.165) is 44.7 Å². The van der Waals surface area contributed by atoms with Gasteiger partial charge in [0, 0.05) is 22.3 Å². The van der Waals surface area contributed by atoms with Gasteiger partial charge in [0.1, 0.15) is 0 Å². The van der Waals surface area contributed by atoms with Crippen molar-refractivity contribution in [2.24, 2.45) is 10.4 Å². The second-order valence-corrected chi connectivity index (χ2v) is 9.57. The SMILES string of the molecule is CCNC(=NCc1cc2c(s1)CCC(C)(C)C2)NC1CCC(O)CC1. The second kappa shape index (κ2) is 8.09. The standard InChI is InChI=1S/C20H33N3OS/c1-4-21-19(23-15-5-7-16(24)8-6-15)22-13-17-11-14-12-20(2,3)10-9-18(14)25-17/h11,15-16,24H,4-10,12-13H2,1-3H3,(H2,21,22,23). The Morgan fingerprint density at radius 2 is 2.08 bits per heavy atom. The third kappa shape index (κ3) is 5.20. The van der Waals surface area contributed by atoms with E-state index in [0.29, 0.717) is 11.5 Å². The van der Waals surface area contributed by atoms with Crippen molar-refractivity contribution in [2.75, 3.05) is 6.54 Å². The molecule has 2 aliphatic rings. The van der Waals surface area contributed by atoms with Crippen LogP contribution in [-0.4, -0.2) is 29.8 Å². The fourth-order valence-corrected chi connectivity index (χ4v) is 5.03. The number of aliphatic imine (C=N–C) groups is 1. The molecule has 0 spiro atoms. The summed E-state index contributed by atoms with van der Waals surface area (Å²) in [6.07, 6.45) is 7.43. The molecule has 140 valence electrons. The summed E-state index contributed by atoms with van der Waals surface area (Å²) in [6.45, 7) is 8.48. The van der Waals surface area contributed by atoms with Gasteiger partial charge in [0.05, 0.1) is 12.6 Å². The summed E-state index contributed by atoms with van der Waals surface area (Å²) in [6, 6.07) is 2.81. The van der Waals surface area contributed by atoms with Crippen LogP contribution in [0.3, 0.4) is 0 Å². The molecule has 3 rings (SSSR count). The normalized spacial score (nSPS) is 26.2. The Bertz CT molecular complexity index is 600. The fraction of sp³-hybridized carbons (Fsp3) is 0.750. The highest BCUT2D eigenvalue weighted by Gasteiger charge is 2.26. The summed E-state index contributed by atoms with van der Waals surface area (Å²) in [5.74, 6) is 0.913. The summed E-state index contributed by atoms with van der Waals surface area (Å²) in [7, 11) is 0. The molecular weight excluding hydrogens is 330 g/mol. The van der Waals surface area contributed by atoms with Gasteiger partial charge in [0.25, 0.3) is 0 Å². The second-order valence-electron chi connectivity index (χ2n) is 8.35. The Hall–Kier alpha value is -1.07. The van der Waals surface area contributed by atoms with Gasteiger partial charge in [-0.3, -0.25) is 0 Å². The van der Waals surface area contributed by atoms with Gasteiger partial charge in [-0.25, -0.2) is 4.99 Å². The zero-order chi connectivity index (χ0) is 17.9. The van der Waals surface area contributed by atoms with E-state index in [1.807, 2.05) is 11.3 Å².